The number of hydrogen-bond acceptors (Lipinski definition) is 5. The van der Waals surface area contributed by atoms with Crippen LogP contribution in [0.1, 0.15) is 50.9 Å². The van der Waals surface area contributed by atoms with E-state index < -0.39 is 0 Å². The minimum Gasteiger partial charge on any atom is -0.369 e. The van der Waals surface area contributed by atoms with Crippen LogP contribution in [0.2, 0.25) is 0 Å². The Hall–Kier alpha value is -1.84. The molecule has 8 heteroatoms. The summed E-state index contributed by atoms with van der Waals surface area (Å²) in [7, 11) is 1.78. The van der Waals surface area contributed by atoms with E-state index in [-0.39, 0.29) is 29.4 Å². The van der Waals surface area contributed by atoms with Crippen molar-refractivity contribution < 1.29 is 4.52 Å². The molecule has 0 radical (unpaired) electrons. The average molecular weight is 512 g/mol. The first kappa shape index (κ1) is 23.4. The first-order chi connectivity index (χ1) is 13.3. The lowest BCUT2D eigenvalue weighted by atomic mass is 9.97. The molecule has 0 amide bonds. The number of hydrogen-bond donors (Lipinski definition) is 2. The Morgan fingerprint density at radius 1 is 1.28 bits per heavy atom. The van der Waals surface area contributed by atoms with Crippen LogP contribution in [0, 0.1) is 6.92 Å². The average Bonchev–Trinajstić information content (AvgIpc) is 3.15. The van der Waals surface area contributed by atoms with Crippen molar-refractivity contribution in [1.82, 2.24) is 20.8 Å². The molecule has 0 aliphatic carbocycles. The maximum absolute atomic E-state index is 5.35. The molecule has 2 aromatic rings. The van der Waals surface area contributed by atoms with Crippen molar-refractivity contribution in [3.8, 4) is 0 Å². The van der Waals surface area contributed by atoms with Gasteiger partial charge in [0.25, 0.3) is 0 Å². The molecule has 1 saturated heterocycles. The Bertz CT molecular complexity index is 796. The minimum atomic E-state index is -0.146. The van der Waals surface area contributed by atoms with Gasteiger partial charge in [0, 0.05) is 37.3 Å². The lowest BCUT2D eigenvalue weighted by molar-refractivity contribution is 0.318. The second kappa shape index (κ2) is 10.3. The van der Waals surface area contributed by atoms with E-state index in [1.165, 1.54) is 11.3 Å². The van der Waals surface area contributed by atoms with Crippen LogP contribution in [0.4, 0.5) is 5.69 Å². The van der Waals surface area contributed by atoms with Gasteiger partial charge in [-0.2, -0.15) is 4.98 Å². The van der Waals surface area contributed by atoms with Crippen molar-refractivity contribution in [3.63, 3.8) is 0 Å². The summed E-state index contributed by atoms with van der Waals surface area (Å²) in [5.74, 6) is 2.05. The second-order valence-electron chi connectivity index (χ2n) is 8.46. The summed E-state index contributed by atoms with van der Waals surface area (Å²) >= 11 is 0. The number of aryl methyl sites for hydroxylation is 1. The van der Waals surface area contributed by atoms with Gasteiger partial charge in [0.05, 0.1) is 6.54 Å². The van der Waals surface area contributed by atoms with E-state index in [0.717, 1.165) is 31.9 Å². The fourth-order valence-electron chi connectivity index (χ4n) is 3.27. The number of halogens is 1. The maximum Gasteiger partial charge on any atom is 0.232 e. The summed E-state index contributed by atoms with van der Waals surface area (Å²) < 4.78 is 5.35. The Morgan fingerprint density at radius 3 is 2.62 bits per heavy atom. The molecule has 1 aromatic carbocycles. The SMILES string of the molecule is CN=C(NCc1noc(C(C)(C)C)n1)NC1CCCN(c2ccc(C)cc2)C1.I. The molecular weight excluding hydrogens is 479 g/mol. The van der Waals surface area contributed by atoms with E-state index in [1.54, 1.807) is 7.05 Å². The van der Waals surface area contributed by atoms with E-state index in [9.17, 15) is 0 Å². The highest BCUT2D eigenvalue weighted by atomic mass is 127. The summed E-state index contributed by atoms with van der Waals surface area (Å²) in [6.07, 6.45) is 2.28. The maximum atomic E-state index is 5.35. The molecule has 7 nitrogen and oxygen atoms in total. The molecule has 1 aliphatic rings. The van der Waals surface area contributed by atoms with Gasteiger partial charge in [0.1, 0.15) is 0 Å². The quantitative estimate of drug-likeness (QED) is 0.370. The van der Waals surface area contributed by atoms with Gasteiger partial charge in [-0.15, -0.1) is 24.0 Å². The van der Waals surface area contributed by atoms with Crippen molar-refractivity contribution in [2.24, 2.45) is 4.99 Å². The largest absolute Gasteiger partial charge is 0.369 e. The Morgan fingerprint density at radius 2 is 2.00 bits per heavy atom. The molecular formula is C21H33IN6O. The fraction of sp³-hybridized carbons (Fsp3) is 0.571. The zero-order valence-electron chi connectivity index (χ0n) is 18.0. The first-order valence-corrected chi connectivity index (χ1v) is 9.97. The van der Waals surface area contributed by atoms with E-state index >= 15 is 0 Å². The predicted molar refractivity (Wildman–Crippen MR) is 128 cm³/mol. The Balaban J connectivity index is 0.00000300. The zero-order chi connectivity index (χ0) is 20.1. The highest BCUT2D eigenvalue weighted by Crippen LogP contribution is 2.21. The predicted octanol–water partition coefficient (Wildman–Crippen LogP) is 3.63. The van der Waals surface area contributed by atoms with E-state index in [2.05, 4.69) is 82.6 Å². The molecule has 160 valence electrons. The molecule has 0 spiro atoms. The summed E-state index contributed by atoms with van der Waals surface area (Å²) in [4.78, 5) is 11.2. The van der Waals surface area contributed by atoms with Gasteiger partial charge >= 0.3 is 0 Å². The van der Waals surface area contributed by atoms with Crippen LogP contribution < -0.4 is 15.5 Å². The van der Waals surface area contributed by atoms with Crippen molar-refractivity contribution in [1.29, 1.82) is 0 Å². The molecule has 1 atom stereocenters. The molecule has 1 aliphatic heterocycles. The second-order valence-corrected chi connectivity index (χ2v) is 8.46. The van der Waals surface area contributed by atoms with Crippen molar-refractivity contribution in [2.45, 2.75) is 58.5 Å². The first-order valence-electron chi connectivity index (χ1n) is 9.97. The molecule has 0 saturated carbocycles. The molecule has 1 aromatic heterocycles. The van der Waals surface area contributed by atoms with Crippen LogP contribution in [0.5, 0.6) is 0 Å². The number of anilines is 1. The summed E-state index contributed by atoms with van der Waals surface area (Å²) in [5.41, 5.74) is 2.42. The van der Waals surface area contributed by atoms with Gasteiger partial charge < -0.3 is 20.1 Å². The van der Waals surface area contributed by atoms with Crippen molar-refractivity contribution in [3.05, 3.63) is 41.5 Å². The van der Waals surface area contributed by atoms with Crippen LogP contribution in [0.15, 0.2) is 33.8 Å². The number of guanidine groups is 1. The summed E-state index contributed by atoms with van der Waals surface area (Å²) in [6.45, 7) is 10.8. The number of nitrogens with one attached hydrogen (secondary N) is 2. The Kier molecular flexibility index (Phi) is 8.30. The normalized spacial score (nSPS) is 17.6. The van der Waals surface area contributed by atoms with Gasteiger partial charge in [0.2, 0.25) is 5.89 Å². The van der Waals surface area contributed by atoms with Gasteiger partial charge in [-0.3, -0.25) is 4.99 Å². The van der Waals surface area contributed by atoms with Gasteiger partial charge in [-0.1, -0.05) is 43.6 Å². The lowest BCUT2D eigenvalue weighted by Crippen LogP contribution is -2.51. The number of rotatable bonds is 4. The highest BCUT2D eigenvalue weighted by Gasteiger charge is 2.23. The highest BCUT2D eigenvalue weighted by molar-refractivity contribution is 14.0. The smallest absolute Gasteiger partial charge is 0.232 e. The lowest BCUT2D eigenvalue weighted by Gasteiger charge is -2.35. The number of nitrogens with zero attached hydrogens (tertiary/aromatic N) is 4. The third-order valence-electron chi connectivity index (χ3n) is 4.91. The van der Waals surface area contributed by atoms with Crippen molar-refractivity contribution in [2.75, 3.05) is 25.0 Å². The fourth-order valence-corrected chi connectivity index (χ4v) is 3.27. The molecule has 2 N–H and O–H groups in total. The number of benzene rings is 1. The van der Waals surface area contributed by atoms with Gasteiger partial charge in [0.15, 0.2) is 11.8 Å². The zero-order valence-corrected chi connectivity index (χ0v) is 20.4. The summed E-state index contributed by atoms with van der Waals surface area (Å²) in [5, 5.41) is 10.9. The van der Waals surface area contributed by atoms with Gasteiger partial charge in [-0.05, 0) is 31.9 Å². The number of aromatic nitrogens is 2. The van der Waals surface area contributed by atoms with E-state index in [0.29, 0.717) is 24.3 Å². The molecule has 0 bridgehead atoms. The standard InChI is InChI=1S/C21H32N6O.HI/c1-15-8-10-17(11-9-15)27-12-6-7-16(14-27)24-20(22-5)23-13-18-25-19(28-26-18)21(2,3)4;/h8-11,16H,6-7,12-14H2,1-5H3,(H2,22,23,24);1H. The van der Waals surface area contributed by atoms with E-state index in [4.69, 9.17) is 4.52 Å². The third-order valence-corrected chi connectivity index (χ3v) is 4.91. The van der Waals surface area contributed by atoms with Crippen LogP contribution in [0.3, 0.4) is 0 Å². The van der Waals surface area contributed by atoms with Crippen LogP contribution in [0.25, 0.3) is 0 Å². The molecule has 3 rings (SSSR count). The van der Waals surface area contributed by atoms with Gasteiger partial charge in [-0.25, -0.2) is 0 Å². The molecule has 1 fully saturated rings. The van der Waals surface area contributed by atoms with Crippen LogP contribution in [-0.4, -0.2) is 42.3 Å². The number of aliphatic imine (C=N–C) groups is 1. The number of piperidine rings is 1. The van der Waals surface area contributed by atoms with Crippen LogP contribution >= 0.6 is 24.0 Å². The summed E-state index contributed by atoms with van der Waals surface area (Å²) in [6, 6.07) is 9.09. The van der Waals surface area contributed by atoms with E-state index in [1.807, 2.05) is 0 Å². The topological polar surface area (TPSA) is 78.6 Å². The Labute approximate surface area is 190 Å². The monoisotopic (exact) mass is 512 g/mol. The third kappa shape index (κ3) is 6.58. The molecule has 2 heterocycles. The van der Waals surface area contributed by atoms with Crippen molar-refractivity contribution >= 4 is 35.6 Å². The molecule has 29 heavy (non-hydrogen) atoms. The molecule has 1 unspecified atom stereocenters. The minimum absolute atomic E-state index is 0. The van der Waals surface area contributed by atoms with Crippen LogP contribution in [-0.2, 0) is 12.0 Å².